The molecule has 65 heavy (non-hydrogen) atoms. The topological polar surface area (TPSA) is 185 Å². The number of fused-ring (bicyclic) bond motifs is 1. The Labute approximate surface area is 386 Å². The van der Waals surface area contributed by atoms with Crippen molar-refractivity contribution in [3.8, 4) is 11.5 Å². The smallest absolute Gasteiger partial charge is 0.321 e. The fraction of sp³-hybridized carbons (Fsp3) is 0.413. The molecular formula is C46H54BrN10O7P. The van der Waals surface area contributed by atoms with Crippen molar-refractivity contribution in [3.63, 3.8) is 0 Å². The molecule has 2 N–H and O–H groups in total. The number of amides is 2. The van der Waals surface area contributed by atoms with Gasteiger partial charge in [-0.15, -0.1) is 5.06 Å². The number of piperazine rings is 1. The second-order valence-electron chi connectivity index (χ2n) is 16.7. The van der Waals surface area contributed by atoms with Gasteiger partial charge in [-0.2, -0.15) is 4.98 Å². The third-order valence-corrected chi connectivity index (χ3v) is 14.5. The van der Waals surface area contributed by atoms with Gasteiger partial charge in [-0.25, -0.2) is 4.98 Å². The predicted molar refractivity (Wildman–Crippen MR) is 253 cm³/mol. The van der Waals surface area contributed by atoms with Crippen molar-refractivity contribution < 1.29 is 33.3 Å². The quantitative estimate of drug-likeness (QED) is 0.0622. The standard InChI is InChI=1S/C46H54BrN10O7P/c1-5-30-26-38(52-46-50-28-35(47)44(53-46)51-37-12-11-36-42(49-17-16-48-36)43(37)65(3,4)61)40(62-2)27-39(30)56-18-14-32(15-19-56)55-22-20-54(21-23-55)24-25-63-33-8-6-31(7-9-33)34-10-13-41(59)57(45(34)60)64-29-58/h6-9,11-12,16-17,26-29,32,34H,5,10,13-15,18-25H2,1-4H3,(H2,50,51,52,53). The first-order valence-corrected chi connectivity index (χ1v) is 25.3. The molecule has 342 valence electrons. The Morgan fingerprint density at radius 1 is 0.908 bits per heavy atom. The molecule has 0 spiro atoms. The number of aromatic nitrogens is 4. The van der Waals surface area contributed by atoms with Crippen molar-refractivity contribution in [3.05, 3.63) is 82.7 Å². The van der Waals surface area contributed by atoms with Crippen LogP contribution in [0.4, 0.5) is 28.8 Å². The predicted octanol–water partition coefficient (Wildman–Crippen LogP) is 6.47. The number of carbonyl (C=O) groups is 3. The van der Waals surface area contributed by atoms with Crippen LogP contribution in [0.25, 0.3) is 11.0 Å². The molecule has 5 aromatic rings. The molecule has 0 saturated carbocycles. The highest BCUT2D eigenvalue weighted by atomic mass is 79.9. The summed E-state index contributed by atoms with van der Waals surface area (Å²) in [6.07, 6.45) is 8.40. The van der Waals surface area contributed by atoms with Gasteiger partial charge < -0.3 is 34.4 Å². The Morgan fingerprint density at radius 2 is 1.66 bits per heavy atom. The first-order valence-electron chi connectivity index (χ1n) is 21.9. The van der Waals surface area contributed by atoms with Crippen LogP contribution in [0.1, 0.15) is 49.7 Å². The number of hydroxylamine groups is 2. The maximum Gasteiger partial charge on any atom is 0.321 e. The molecule has 2 aromatic heterocycles. The van der Waals surface area contributed by atoms with Gasteiger partial charge in [0.1, 0.15) is 36.6 Å². The number of piperidine rings is 2. The Hall–Kier alpha value is -5.68. The van der Waals surface area contributed by atoms with Crippen LogP contribution >= 0.6 is 23.1 Å². The lowest BCUT2D eigenvalue weighted by molar-refractivity contribution is -0.198. The summed E-state index contributed by atoms with van der Waals surface area (Å²) >= 11 is 3.59. The molecule has 3 aliphatic heterocycles. The summed E-state index contributed by atoms with van der Waals surface area (Å²) < 4.78 is 26.2. The molecular weight excluding hydrogens is 915 g/mol. The van der Waals surface area contributed by atoms with E-state index in [0.717, 1.165) is 76.3 Å². The number of anilines is 5. The number of aryl methyl sites for hydroxylation is 1. The van der Waals surface area contributed by atoms with Crippen molar-refractivity contribution in [1.82, 2.24) is 34.8 Å². The molecule has 3 fully saturated rings. The van der Waals surface area contributed by atoms with E-state index in [-0.39, 0.29) is 12.9 Å². The molecule has 2 amide bonds. The minimum Gasteiger partial charge on any atom is -0.494 e. The number of rotatable bonds is 16. The highest BCUT2D eigenvalue weighted by Crippen LogP contribution is 2.42. The highest BCUT2D eigenvalue weighted by molar-refractivity contribution is 9.10. The largest absolute Gasteiger partial charge is 0.494 e. The summed E-state index contributed by atoms with van der Waals surface area (Å²) in [5, 5.41) is 7.94. The normalized spacial score (nSPS) is 17.9. The van der Waals surface area contributed by atoms with E-state index in [1.165, 1.54) is 11.3 Å². The molecule has 5 heterocycles. The van der Waals surface area contributed by atoms with Gasteiger partial charge in [-0.1, -0.05) is 19.1 Å². The van der Waals surface area contributed by atoms with Gasteiger partial charge in [-0.05, 0) is 96.4 Å². The Balaban J connectivity index is 0.830. The van der Waals surface area contributed by atoms with Crippen LogP contribution in [-0.4, -0.2) is 132 Å². The molecule has 17 nitrogen and oxygen atoms in total. The zero-order valence-corrected chi connectivity index (χ0v) is 39.5. The van der Waals surface area contributed by atoms with Crippen molar-refractivity contribution in [2.45, 2.75) is 51.0 Å². The van der Waals surface area contributed by atoms with E-state index in [9.17, 15) is 18.9 Å². The van der Waals surface area contributed by atoms with E-state index in [1.807, 2.05) is 36.4 Å². The maximum absolute atomic E-state index is 13.5. The van der Waals surface area contributed by atoms with Crippen molar-refractivity contribution >= 4 is 86.5 Å². The fourth-order valence-corrected chi connectivity index (χ4v) is 10.7. The van der Waals surface area contributed by atoms with E-state index in [4.69, 9.17) is 14.5 Å². The first kappa shape index (κ1) is 45.9. The first-order chi connectivity index (χ1) is 31.4. The number of halogens is 1. The number of nitrogens with zero attached hydrogens (tertiary/aromatic N) is 8. The minimum absolute atomic E-state index is 0.0944. The van der Waals surface area contributed by atoms with Gasteiger partial charge in [0.2, 0.25) is 5.95 Å². The number of nitrogens with one attached hydrogen (secondary N) is 2. The van der Waals surface area contributed by atoms with E-state index < -0.39 is 24.9 Å². The highest BCUT2D eigenvalue weighted by Gasteiger charge is 2.37. The van der Waals surface area contributed by atoms with Crippen LogP contribution in [0.5, 0.6) is 11.5 Å². The number of ether oxygens (including phenoxy) is 2. The van der Waals surface area contributed by atoms with Crippen molar-refractivity contribution in [2.75, 3.05) is 88.4 Å². The number of carbonyl (C=O) groups excluding carboxylic acids is 3. The number of hydrogen-bond acceptors (Lipinski definition) is 16. The molecule has 0 bridgehead atoms. The SMILES string of the molecule is CCc1cc(Nc2ncc(Br)c(Nc3ccc4nccnc4c3P(C)(C)=O)n2)c(OC)cc1N1CCC(N2CCN(CCOc3ccc(C4CCC(=O)N(OC=O)C4=O)cc3)CC2)CC1. The molecule has 0 radical (unpaired) electrons. The van der Waals surface area contributed by atoms with E-state index in [0.29, 0.717) is 73.9 Å². The Bertz CT molecular complexity index is 2580. The Kier molecular flexibility index (Phi) is 14.3. The van der Waals surface area contributed by atoms with Crippen LogP contribution in [0, 0.1) is 0 Å². The molecule has 3 saturated heterocycles. The zero-order valence-electron chi connectivity index (χ0n) is 37.0. The van der Waals surface area contributed by atoms with Crippen molar-refractivity contribution in [1.29, 1.82) is 0 Å². The van der Waals surface area contributed by atoms with Crippen LogP contribution < -0.4 is 30.3 Å². The summed E-state index contributed by atoms with van der Waals surface area (Å²) in [4.78, 5) is 65.9. The molecule has 8 rings (SSSR count). The monoisotopic (exact) mass is 968 g/mol. The number of imide groups is 1. The van der Waals surface area contributed by atoms with Crippen LogP contribution in [-0.2, 0) is 30.2 Å². The van der Waals surface area contributed by atoms with Gasteiger partial charge in [-0.3, -0.25) is 34.2 Å². The van der Waals surface area contributed by atoms with E-state index >= 15 is 0 Å². The molecule has 0 aliphatic carbocycles. The van der Waals surface area contributed by atoms with Crippen LogP contribution in [0.3, 0.4) is 0 Å². The lowest BCUT2D eigenvalue weighted by atomic mass is 9.90. The molecule has 19 heteroatoms. The van der Waals surface area contributed by atoms with Gasteiger partial charge >= 0.3 is 6.47 Å². The van der Waals surface area contributed by atoms with Crippen LogP contribution in [0.15, 0.2) is 71.6 Å². The van der Waals surface area contributed by atoms with Crippen LogP contribution in [0.2, 0.25) is 0 Å². The van der Waals surface area contributed by atoms with Gasteiger partial charge in [0.15, 0.2) is 0 Å². The number of benzene rings is 3. The number of methoxy groups -OCH3 is 1. The second-order valence-corrected chi connectivity index (χ2v) is 20.7. The third-order valence-electron chi connectivity index (χ3n) is 12.4. The summed E-state index contributed by atoms with van der Waals surface area (Å²) in [5.74, 6) is 0.690. The average molecular weight is 970 g/mol. The summed E-state index contributed by atoms with van der Waals surface area (Å²) in [6, 6.07) is 15.8. The zero-order chi connectivity index (χ0) is 45.7. The number of hydrogen-bond donors (Lipinski definition) is 2. The summed E-state index contributed by atoms with van der Waals surface area (Å²) in [6.45, 7) is 13.0. The van der Waals surface area contributed by atoms with Crippen molar-refractivity contribution in [2.24, 2.45) is 0 Å². The molecule has 1 atom stereocenters. The van der Waals surface area contributed by atoms with E-state index in [2.05, 4.69) is 80.1 Å². The summed E-state index contributed by atoms with van der Waals surface area (Å²) in [5.41, 5.74) is 5.80. The second kappa shape index (κ2) is 20.2. The van der Waals surface area contributed by atoms with Gasteiger partial charge in [0.05, 0.1) is 39.7 Å². The van der Waals surface area contributed by atoms with Gasteiger partial charge in [0, 0.05) is 88.6 Å². The van der Waals surface area contributed by atoms with E-state index in [1.54, 1.807) is 39.0 Å². The summed E-state index contributed by atoms with van der Waals surface area (Å²) in [7, 11) is -1.10. The van der Waals surface area contributed by atoms with Gasteiger partial charge in [0.25, 0.3) is 11.8 Å². The lowest BCUT2D eigenvalue weighted by Crippen LogP contribution is -2.53. The third kappa shape index (κ3) is 10.4. The minimum atomic E-state index is -2.78. The average Bonchev–Trinajstić information content (AvgIpc) is 3.31. The molecule has 3 aliphatic rings. The Morgan fingerprint density at radius 3 is 2.37 bits per heavy atom. The molecule has 1 unspecified atom stereocenters. The maximum atomic E-state index is 13.5. The molecule has 3 aromatic carbocycles. The lowest BCUT2D eigenvalue weighted by Gasteiger charge is -2.43. The fourth-order valence-electron chi connectivity index (χ4n) is 9.02.